The van der Waals surface area contributed by atoms with Crippen LogP contribution in [0.2, 0.25) is 0 Å². The summed E-state index contributed by atoms with van der Waals surface area (Å²) in [6.45, 7) is 1.98. The summed E-state index contributed by atoms with van der Waals surface area (Å²) in [6.07, 6.45) is 1.01. The van der Waals surface area contributed by atoms with Gasteiger partial charge in [0.1, 0.15) is 5.75 Å². The molecule has 0 spiro atoms. The first-order valence-corrected chi connectivity index (χ1v) is 7.91. The van der Waals surface area contributed by atoms with Crippen molar-refractivity contribution in [3.63, 3.8) is 0 Å². The van der Waals surface area contributed by atoms with E-state index < -0.39 is 0 Å². The number of hydrogen-bond donors (Lipinski definition) is 5. The van der Waals surface area contributed by atoms with E-state index in [9.17, 15) is 4.79 Å². The molecule has 0 atom stereocenters. The van der Waals surface area contributed by atoms with Gasteiger partial charge in [-0.05, 0) is 36.5 Å². The number of anilines is 1. The number of quaternary nitrogens is 1. The van der Waals surface area contributed by atoms with E-state index >= 15 is 0 Å². The van der Waals surface area contributed by atoms with E-state index in [1.54, 1.807) is 7.11 Å². The van der Waals surface area contributed by atoms with Crippen LogP contribution in [0.25, 0.3) is 0 Å². The molecule has 128 valence electrons. The van der Waals surface area contributed by atoms with Crippen LogP contribution in [0.15, 0.2) is 24.3 Å². The molecule has 0 saturated heterocycles. The van der Waals surface area contributed by atoms with E-state index in [1.807, 2.05) is 24.3 Å². The molecule has 1 amide bonds. The topological polar surface area (TPSA) is 78.9 Å². The van der Waals surface area contributed by atoms with E-state index in [2.05, 4.69) is 35.6 Å². The van der Waals surface area contributed by atoms with Crippen molar-refractivity contribution in [3.8, 4) is 5.75 Å². The minimum atomic E-state index is -0.206. The van der Waals surface area contributed by atoms with E-state index in [-0.39, 0.29) is 12.5 Å². The minimum absolute atomic E-state index is 0.145. The molecule has 8 heteroatoms. The van der Waals surface area contributed by atoms with Gasteiger partial charge in [0.15, 0.2) is 5.11 Å². The number of carbonyl (C=O) groups is 1. The SMILES string of the molecule is COc1ccc(NCC(=O)NNC(=S)NCCC[NH+](C)C)cc1. The zero-order chi connectivity index (χ0) is 17.1. The third-order valence-electron chi connectivity index (χ3n) is 3.00. The molecule has 0 aliphatic rings. The zero-order valence-electron chi connectivity index (χ0n) is 13.9. The molecular formula is C15H26N5O2S+. The number of ether oxygens (including phenoxy) is 1. The molecule has 0 heterocycles. The van der Waals surface area contributed by atoms with Crippen molar-refractivity contribution in [3.05, 3.63) is 24.3 Å². The minimum Gasteiger partial charge on any atom is -0.497 e. The van der Waals surface area contributed by atoms with Crippen molar-refractivity contribution in [2.75, 3.05) is 46.2 Å². The van der Waals surface area contributed by atoms with Crippen LogP contribution in [-0.2, 0) is 4.79 Å². The van der Waals surface area contributed by atoms with E-state index in [4.69, 9.17) is 17.0 Å². The fraction of sp³-hybridized carbons (Fsp3) is 0.467. The van der Waals surface area contributed by atoms with E-state index in [0.29, 0.717) is 5.11 Å². The summed E-state index contributed by atoms with van der Waals surface area (Å²) >= 11 is 5.08. The summed E-state index contributed by atoms with van der Waals surface area (Å²) in [5, 5.41) is 6.46. The number of carbonyl (C=O) groups excluding carboxylic acids is 1. The number of thiocarbonyl (C=S) groups is 1. The first-order valence-electron chi connectivity index (χ1n) is 7.51. The summed E-state index contributed by atoms with van der Waals surface area (Å²) in [5.41, 5.74) is 6.06. The summed E-state index contributed by atoms with van der Waals surface area (Å²) in [4.78, 5) is 13.1. The Morgan fingerprint density at radius 2 is 1.91 bits per heavy atom. The first-order chi connectivity index (χ1) is 11.0. The molecule has 23 heavy (non-hydrogen) atoms. The highest BCUT2D eigenvalue weighted by Crippen LogP contribution is 2.14. The second-order valence-corrected chi connectivity index (χ2v) is 5.73. The van der Waals surface area contributed by atoms with Crippen LogP contribution in [0.3, 0.4) is 0 Å². The lowest BCUT2D eigenvalue weighted by Gasteiger charge is -2.13. The monoisotopic (exact) mass is 340 g/mol. The van der Waals surface area contributed by atoms with Gasteiger partial charge in [-0.1, -0.05) is 0 Å². The third kappa shape index (κ3) is 8.84. The van der Waals surface area contributed by atoms with Crippen molar-refractivity contribution >= 4 is 28.9 Å². The quantitative estimate of drug-likeness (QED) is 0.241. The van der Waals surface area contributed by atoms with Crippen molar-refractivity contribution in [2.24, 2.45) is 0 Å². The lowest BCUT2D eigenvalue weighted by Crippen LogP contribution is -3.05. The van der Waals surface area contributed by atoms with Crippen molar-refractivity contribution in [1.29, 1.82) is 0 Å². The van der Waals surface area contributed by atoms with Gasteiger partial charge in [0.25, 0.3) is 5.91 Å². The fourth-order valence-corrected chi connectivity index (χ4v) is 1.90. The second kappa shape index (κ2) is 10.6. The smallest absolute Gasteiger partial charge is 0.257 e. The van der Waals surface area contributed by atoms with Gasteiger partial charge in [-0.2, -0.15) is 0 Å². The van der Waals surface area contributed by atoms with Crippen LogP contribution < -0.4 is 31.1 Å². The fourth-order valence-electron chi connectivity index (χ4n) is 1.75. The average molecular weight is 340 g/mol. The Bertz CT molecular complexity index is 493. The van der Waals surface area contributed by atoms with Gasteiger partial charge >= 0.3 is 0 Å². The van der Waals surface area contributed by atoms with Crippen molar-refractivity contribution in [2.45, 2.75) is 6.42 Å². The number of nitrogens with one attached hydrogen (secondary N) is 5. The van der Waals surface area contributed by atoms with Gasteiger partial charge in [-0.15, -0.1) is 0 Å². The highest BCUT2D eigenvalue weighted by Gasteiger charge is 2.02. The number of benzene rings is 1. The highest BCUT2D eigenvalue weighted by molar-refractivity contribution is 7.80. The molecule has 5 N–H and O–H groups in total. The van der Waals surface area contributed by atoms with Crippen LogP contribution in [0.4, 0.5) is 5.69 Å². The molecule has 0 aliphatic heterocycles. The van der Waals surface area contributed by atoms with Crippen LogP contribution in [0.1, 0.15) is 6.42 Å². The van der Waals surface area contributed by atoms with Gasteiger partial charge in [0.05, 0.1) is 34.3 Å². The van der Waals surface area contributed by atoms with Gasteiger partial charge in [0.2, 0.25) is 0 Å². The third-order valence-corrected chi connectivity index (χ3v) is 3.24. The van der Waals surface area contributed by atoms with E-state index in [1.165, 1.54) is 4.90 Å². The maximum Gasteiger partial charge on any atom is 0.257 e. The van der Waals surface area contributed by atoms with Crippen molar-refractivity contribution < 1.29 is 14.4 Å². The normalized spacial score (nSPS) is 10.1. The van der Waals surface area contributed by atoms with Gasteiger partial charge < -0.3 is 20.3 Å². The predicted molar refractivity (Wildman–Crippen MR) is 95.7 cm³/mol. The maximum absolute atomic E-state index is 11.7. The summed E-state index contributed by atoms with van der Waals surface area (Å²) < 4.78 is 5.07. The number of amides is 1. The number of hydrogen-bond acceptors (Lipinski definition) is 4. The van der Waals surface area contributed by atoms with Crippen LogP contribution in [-0.4, -0.2) is 51.9 Å². The molecule has 0 fully saturated rings. The molecular weight excluding hydrogens is 314 g/mol. The lowest BCUT2D eigenvalue weighted by molar-refractivity contribution is -0.858. The molecule has 1 rings (SSSR count). The number of hydrazine groups is 1. The number of rotatable bonds is 8. The molecule has 7 nitrogen and oxygen atoms in total. The zero-order valence-corrected chi connectivity index (χ0v) is 14.7. The van der Waals surface area contributed by atoms with E-state index in [0.717, 1.165) is 30.9 Å². The van der Waals surface area contributed by atoms with Crippen molar-refractivity contribution in [1.82, 2.24) is 16.2 Å². The Morgan fingerprint density at radius 3 is 2.52 bits per heavy atom. The summed E-state index contributed by atoms with van der Waals surface area (Å²) in [6, 6.07) is 7.34. The molecule has 0 saturated carbocycles. The highest BCUT2D eigenvalue weighted by atomic mass is 32.1. The van der Waals surface area contributed by atoms with Crippen LogP contribution in [0.5, 0.6) is 5.75 Å². The van der Waals surface area contributed by atoms with Crippen LogP contribution in [0, 0.1) is 0 Å². The Balaban J connectivity index is 2.14. The Hall–Kier alpha value is -2.06. The molecule has 1 aromatic carbocycles. The molecule has 0 bridgehead atoms. The molecule has 0 aromatic heterocycles. The number of methoxy groups -OCH3 is 1. The molecule has 0 radical (unpaired) electrons. The molecule has 0 unspecified atom stereocenters. The average Bonchev–Trinajstić information content (AvgIpc) is 2.55. The Labute approximate surface area is 142 Å². The van der Waals surface area contributed by atoms with Gasteiger partial charge in [-0.25, -0.2) is 0 Å². The Kier molecular flexibility index (Phi) is 8.78. The Morgan fingerprint density at radius 1 is 1.22 bits per heavy atom. The standard InChI is InChI=1S/C15H25N5O2S/c1-20(2)10-4-9-16-15(23)19-18-14(21)11-17-12-5-7-13(22-3)8-6-12/h5-8,17H,4,9-11H2,1-3H3,(H,18,21)(H2,16,19,23)/p+1. The van der Waals surface area contributed by atoms with Gasteiger partial charge in [0, 0.05) is 18.7 Å². The lowest BCUT2D eigenvalue weighted by atomic mass is 10.3. The van der Waals surface area contributed by atoms with Gasteiger partial charge in [-0.3, -0.25) is 15.6 Å². The maximum atomic E-state index is 11.7. The largest absolute Gasteiger partial charge is 0.497 e. The van der Waals surface area contributed by atoms with Crippen LogP contribution >= 0.6 is 12.2 Å². The molecule has 1 aromatic rings. The summed E-state index contributed by atoms with van der Waals surface area (Å²) in [7, 11) is 5.82. The predicted octanol–water partition coefficient (Wildman–Crippen LogP) is -0.863. The second-order valence-electron chi connectivity index (χ2n) is 5.32. The first kappa shape index (κ1) is 19.0. The summed E-state index contributed by atoms with van der Waals surface area (Å²) in [5.74, 6) is 0.566. The molecule has 0 aliphatic carbocycles.